The largest absolute Gasteiger partial charge is 0.300 e. The minimum atomic E-state index is 0.402. The van der Waals surface area contributed by atoms with E-state index in [0.29, 0.717) is 30.5 Å². The zero-order valence-corrected chi connectivity index (χ0v) is 11.5. The molecule has 0 bridgehead atoms. The highest BCUT2D eigenvalue weighted by Crippen LogP contribution is 2.33. The topological polar surface area (TPSA) is 42.9 Å². The third-order valence-corrected chi connectivity index (χ3v) is 4.63. The standard InChI is InChI=1S/C16H22N2O/c19-14-8-6-13(7-9-14)16-17-11-10-15(18-16)12-4-2-1-3-5-12/h10-13H,1-9H2. The summed E-state index contributed by atoms with van der Waals surface area (Å²) in [7, 11) is 0. The first-order chi connectivity index (χ1) is 9.33. The van der Waals surface area contributed by atoms with Crippen LogP contribution in [-0.4, -0.2) is 15.8 Å². The average Bonchev–Trinajstić information content (AvgIpc) is 2.49. The lowest BCUT2D eigenvalue weighted by molar-refractivity contribution is -0.120. The zero-order chi connectivity index (χ0) is 13.1. The molecule has 2 aliphatic carbocycles. The van der Waals surface area contributed by atoms with Crippen LogP contribution in [0.15, 0.2) is 12.3 Å². The van der Waals surface area contributed by atoms with Crippen molar-refractivity contribution in [2.45, 2.75) is 69.6 Å². The van der Waals surface area contributed by atoms with Gasteiger partial charge in [0.2, 0.25) is 0 Å². The lowest BCUT2D eigenvalue weighted by Gasteiger charge is -2.23. The van der Waals surface area contributed by atoms with Crippen molar-refractivity contribution in [3.63, 3.8) is 0 Å². The molecule has 0 aromatic carbocycles. The second-order valence-corrected chi connectivity index (χ2v) is 5.99. The molecular weight excluding hydrogens is 236 g/mol. The monoisotopic (exact) mass is 258 g/mol. The summed E-state index contributed by atoms with van der Waals surface area (Å²) in [6.45, 7) is 0. The quantitative estimate of drug-likeness (QED) is 0.811. The summed E-state index contributed by atoms with van der Waals surface area (Å²) in [6, 6.07) is 2.09. The van der Waals surface area contributed by atoms with Crippen LogP contribution in [0.3, 0.4) is 0 Å². The molecule has 0 atom stereocenters. The van der Waals surface area contributed by atoms with Crippen LogP contribution < -0.4 is 0 Å². The van der Waals surface area contributed by atoms with E-state index in [1.807, 2.05) is 6.20 Å². The Kier molecular flexibility index (Phi) is 3.90. The number of ketones is 1. The zero-order valence-electron chi connectivity index (χ0n) is 11.5. The van der Waals surface area contributed by atoms with Crippen LogP contribution in [0.4, 0.5) is 0 Å². The molecule has 0 spiro atoms. The van der Waals surface area contributed by atoms with E-state index >= 15 is 0 Å². The minimum Gasteiger partial charge on any atom is -0.300 e. The molecule has 0 aliphatic heterocycles. The Morgan fingerprint density at radius 2 is 1.68 bits per heavy atom. The van der Waals surface area contributed by atoms with E-state index in [2.05, 4.69) is 11.1 Å². The van der Waals surface area contributed by atoms with Gasteiger partial charge in [-0.1, -0.05) is 19.3 Å². The maximum atomic E-state index is 11.3. The molecule has 2 saturated carbocycles. The van der Waals surface area contributed by atoms with Crippen molar-refractivity contribution in [1.82, 2.24) is 9.97 Å². The normalized spacial score (nSPS) is 22.6. The third-order valence-electron chi connectivity index (χ3n) is 4.63. The van der Waals surface area contributed by atoms with Crippen LogP contribution in [0.5, 0.6) is 0 Å². The molecule has 2 aliphatic rings. The van der Waals surface area contributed by atoms with Crippen molar-refractivity contribution in [3.8, 4) is 0 Å². The van der Waals surface area contributed by atoms with Gasteiger partial charge in [-0.25, -0.2) is 9.97 Å². The number of Topliss-reactive ketones (excluding diaryl/α,β-unsaturated/α-hetero) is 1. The van der Waals surface area contributed by atoms with E-state index in [1.54, 1.807) is 0 Å². The molecule has 3 nitrogen and oxygen atoms in total. The van der Waals surface area contributed by atoms with Gasteiger partial charge in [0.1, 0.15) is 11.6 Å². The lowest BCUT2D eigenvalue weighted by Crippen LogP contribution is -2.16. The first-order valence-electron chi connectivity index (χ1n) is 7.67. The molecule has 0 radical (unpaired) electrons. The maximum absolute atomic E-state index is 11.3. The van der Waals surface area contributed by atoms with E-state index in [-0.39, 0.29) is 0 Å². The van der Waals surface area contributed by atoms with Crippen molar-refractivity contribution < 1.29 is 4.79 Å². The summed E-state index contributed by atoms with van der Waals surface area (Å²) in [5.74, 6) is 2.43. The molecule has 0 saturated heterocycles. The summed E-state index contributed by atoms with van der Waals surface area (Å²) in [5, 5.41) is 0. The van der Waals surface area contributed by atoms with Gasteiger partial charge < -0.3 is 0 Å². The Morgan fingerprint density at radius 3 is 2.42 bits per heavy atom. The first-order valence-corrected chi connectivity index (χ1v) is 7.67. The van der Waals surface area contributed by atoms with Crippen LogP contribution in [0, 0.1) is 0 Å². The maximum Gasteiger partial charge on any atom is 0.132 e. The van der Waals surface area contributed by atoms with Gasteiger partial charge in [0.15, 0.2) is 0 Å². The van der Waals surface area contributed by atoms with Crippen LogP contribution in [0.2, 0.25) is 0 Å². The Balaban J connectivity index is 1.73. The number of aromatic nitrogens is 2. The lowest BCUT2D eigenvalue weighted by atomic mass is 9.85. The predicted molar refractivity (Wildman–Crippen MR) is 74.1 cm³/mol. The first kappa shape index (κ1) is 12.8. The SMILES string of the molecule is O=C1CCC(c2nccc(C3CCCCC3)n2)CC1. The Labute approximate surface area is 114 Å². The highest BCUT2D eigenvalue weighted by Gasteiger charge is 2.24. The van der Waals surface area contributed by atoms with Crippen molar-refractivity contribution in [2.75, 3.05) is 0 Å². The summed E-state index contributed by atoms with van der Waals surface area (Å²) in [6.07, 6.45) is 11.8. The fourth-order valence-corrected chi connectivity index (χ4v) is 3.41. The van der Waals surface area contributed by atoms with Crippen LogP contribution in [-0.2, 0) is 4.79 Å². The molecule has 0 N–H and O–H groups in total. The van der Waals surface area contributed by atoms with Gasteiger partial charge in [-0.2, -0.15) is 0 Å². The van der Waals surface area contributed by atoms with Gasteiger partial charge in [-0.15, -0.1) is 0 Å². The summed E-state index contributed by atoms with van der Waals surface area (Å²) < 4.78 is 0. The van der Waals surface area contributed by atoms with E-state index in [4.69, 9.17) is 4.98 Å². The molecule has 1 aromatic rings. The molecule has 102 valence electrons. The number of hydrogen-bond acceptors (Lipinski definition) is 3. The molecule has 1 heterocycles. The molecule has 1 aromatic heterocycles. The van der Waals surface area contributed by atoms with Crippen LogP contribution >= 0.6 is 0 Å². The number of hydrogen-bond donors (Lipinski definition) is 0. The second-order valence-electron chi connectivity index (χ2n) is 5.99. The predicted octanol–water partition coefficient (Wildman–Crippen LogP) is 3.75. The third kappa shape index (κ3) is 3.02. The fourth-order valence-electron chi connectivity index (χ4n) is 3.41. The van der Waals surface area contributed by atoms with Gasteiger partial charge in [0.25, 0.3) is 0 Å². The molecule has 2 fully saturated rings. The molecule has 3 heteroatoms. The molecule has 19 heavy (non-hydrogen) atoms. The van der Waals surface area contributed by atoms with Crippen molar-refractivity contribution in [2.24, 2.45) is 0 Å². The Bertz CT molecular complexity index is 442. The van der Waals surface area contributed by atoms with Gasteiger partial charge in [-0.3, -0.25) is 4.79 Å². The number of nitrogens with zero attached hydrogens (tertiary/aromatic N) is 2. The summed E-state index contributed by atoms with van der Waals surface area (Å²) in [4.78, 5) is 20.6. The molecule has 3 rings (SSSR count). The molecule has 0 amide bonds. The molecule has 0 unspecified atom stereocenters. The number of carbonyl (C=O) groups excluding carboxylic acids is 1. The van der Waals surface area contributed by atoms with E-state index in [1.165, 1.54) is 37.8 Å². The van der Waals surface area contributed by atoms with E-state index in [0.717, 1.165) is 18.7 Å². The van der Waals surface area contributed by atoms with Crippen molar-refractivity contribution >= 4 is 5.78 Å². The van der Waals surface area contributed by atoms with E-state index < -0.39 is 0 Å². The smallest absolute Gasteiger partial charge is 0.132 e. The second kappa shape index (κ2) is 5.81. The van der Waals surface area contributed by atoms with Gasteiger partial charge in [0.05, 0.1) is 0 Å². The number of rotatable bonds is 2. The Morgan fingerprint density at radius 1 is 0.947 bits per heavy atom. The summed E-state index contributed by atoms with van der Waals surface area (Å²) in [5.41, 5.74) is 1.24. The van der Waals surface area contributed by atoms with Gasteiger partial charge in [0, 0.05) is 36.6 Å². The molecular formula is C16H22N2O. The van der Waals surface area contributed by atoms with Crippen LogP contribution in [0.1, 0.15) is 81.1 Å². The average molecular weight is 258 g/mol. The summed E-state index contributed by atoms with van der Waals surface area (Å²) >= 11 is 0. The fraction of sp³-hybridized carbons (Fsp3) is 0.688. The number of carbonyl (C=O) groups is 1. The van der Waals surface area contributed by atoms with Gasteiger partial charge in [-0.05, 0) is 31.7 Å². The Hall–Kier alpha value is -1.25. The van der Waals surface area contributed by atoms with Crippen LogP contribution in [0.25, 0.3) is 0 Å². The van der Waals surface area contributed by atoms with Gasteiger partial charge >= 0.3 is 0 Å². The highest BCUT2D eigenvalue weighted by molar-refractivity contribution is 5.79. The van der Waals surface area contributed by atoms with Crippen molar-refractivity contribution in [3.05, 3.63) is 23.8 Å². The highest BCUT2D eigenvalue weighted by atomic mass is 16.1. The van der Waals surface area contributed by atoms with E-state index in [9.17, 15) is 4.79 Å². The minimum absolute atomic E-state index is 0.402. The van der Waals surface area contributed by atoms with Crippen molar-refractivity contribution in [1.29, 1.82) is 0 Å².